The Hall–Kier alpha value is -0.470. The Morgan fingerprint density at radius 1 is 1.50 bits per heavy atom. The third-order valence-corrected chi connectivity index (χ3v) is 4.88. The molecule has 1 aromatic heterocycles. The van der Waals surface area contributed by atoms with Crippen molar-refractivity contribution >= 4 is 21.4 Å². The molecule has 1 rings (SSSR count). The van der Waals surface area contributed by atoms with Crippen LogP contribution in [0, 0.1) is 0 Å². The molecule has 0 saturated carbocycles. The molecule has 0 aromatic carbocycles. The van der Waals surface area contributed by atoms with Gasteiger partial charge in [-0.1, -0.05) is 0 Å². The summed E-state index contributed by atoms with van der Waals surface area (Å²) in [6, 6.07) is 1.49. The highest BCUT2D eigenvalue weighted by molar-refractivity contribution is 7.91. The minimum Gasteiger partial charge on any atom is -0.392 e. The summed E-state index contributed by atoms with van der Waals surface area (Å²) in [5.74, 6) is 0. The zero-order valence-electron chi connectivity index (χ0n) is 9.30. The molecule has 0 amide bonds. The third-order valence-electron chi connectivity index (χ3n) is 1.93. The van der Waals surface area contributed by atoms with E-state index >= 15 is 0 Å². The number of hydrogen-bond acceptors (Lipinski definition) is 5. The van der Waals surface area contributed by atoms with E-state index in [1.807, 2.05) is 19.0 Å². The maximum Gasteiger partial charge on any atom is 0.250 e. The Kier molecular flexibility index (Phi) is 4.88. The lowest BCUT2D eigenvalue weighted by Gasteiger charge is -2.09. The Labute approximate surface area is 99.8 Å². The largest absolute Gasteiger partial charge is 0.392 e. The first-order chi connectivity index (χ1) is 7.45. The first-order valence-corrected chi connectivity index (χ1v) is 7.14. The van der Waals surface area contributed by atoms with Gasteiger partial charge in [-0.25, -0.2) is 13.1 Å². The van der Waals surface area contributed by atoms with Gasteiger partial charge in [0.1, 0.15) is 4.21 Å². The maximum atomic E-state index is 11.7. The van der Waals surface area contributed by atoms with E-state index in [0.717, 1.165) is 11.3 Å². The Bertz CT molecular complexity index is 426. The Balaban J connectivity index is 2.63. The summed E-state index contributed by atoms with van der Waals surface area (Å²) >= 11 is 1.12. The van der Waals surface area contributed by atoms with Gasteiger partial charge in [0.25, 0.3) is 0 Å². The number of aliphatic hydroxyl groups excluding tert-OH is 1. The van der Waals surface area contributed by atoms with E-state index in [-0.39, 0.29) is 10.8 Å². The van der Waals surface area contributed by atoms with Gasteiger partial charge in [-0.05, 0) is 31.1 Å². The molecule has 0 radical (unpaired) electrons. The van der Waals surface area contributed by atoms with Crippen LogP contribution in [0.1, 0.15) is 5.56 Å². The topological polar surface area (TPSA) is 69.6 Å². The lowest BCUT2D eigenvalue weighted by Crippen LogP contribution is -2.30. The average molecular weight is 264 g/mol. The smallest absolute Gasteiger partial charge is 0.250 e. The Morgan fingerprint density at radius 3 is 2.69 bits per heavy atom. The molecule has 0 aliphatic carbocycles. The molecule has 0 fully saturated rings. The summed E-state index contributed by atoms with van der Waals surface area (Å²) in [4.78, 5) is 1.90. The van der Waals surface area contributed by atoms with Crippen molar-refractivity contribution in [3.8, 4) is 0 Å². The van der Waals surface area contributed by atoms with Gasteiger partial charge in [0.2, 0.25) is 10.0 Å². The summed E-state index contributed by atoms with van der Waals surface area (Å²) < 4.78 is 26.2. The lowest BCUT2D eigenvalue weighted by molar-refractivity contribution is 0.282. The number of hydrogen-bond donors (Lipinski definition) is 2. The van der Waals surface area contributed by atoms with Crippen molar-refractivity contribution in [1.29, 1.82) is 0 Å². The Morgan fingerprint density at radius 2 is 2.19 bits per heavy atom. The number of aliphatic hydroxyl groups is 1. The van der Waals surface area contributed by atoms with Crippen LogP contribution in [-0.4, -0.2) is 45.6 Å². The fraction of sp³-hybridized carbons (Fsp3) is 0.556. The van der Waals surface area contributed by atoms with E-state index in [9.17, 15) is 8.42 Å². The van der Waals surface area contributed by atoms with E-state index in [4.69, 9.17) is 5.11 Å². The van der Waals surface area contributed by atoms with Crippen LogP contribution in [0.4, 0.5) is 0 Å². The monoisotopic (exact) mass is 264 g/mol. The molecule has 0 aliphatic heterocycles. The second-order valence-electron chi connectivity index (χ2n) is 3.63. The normalized spacial score (nSPS) is 12.2. The van der Waals surface area contributed by atoms with Gasteiger partial charge in [0.15, 0.2) is 0 Å². The van der Waals surface area contributed by atoms with Gasteiger partial charge in [0.05, 0.1) is 6.61 Å². The molecule has 0 unspecified atom stereocenters. The van der Waals surface area contributed by atoms with E-state index in [0.29, 0.717) is 18.7 Å². The molecular weight excluding hydrogens is 248 g/mol. The van der Waals surface area contributed by atoms with Gasteiger partial charge in [-0.2, -0.15) is 0 Å². The first kappa shape index (κ1) is 13.6. The molecule has 0 aliphatic rings. The van der Waals surface area contributed by atoms with Gasteiger partial charge in [-0.3, -0.25) is 0 Å². The van der Waals surface area contributed by atoms with E-state index in [2.05, 4.69) is 4.72 Å². The van der Waals surface area contributed by atoms with Crippen LogP contribution >= 0.6 is 11.3 Å². The molecular formula is C9H16N2O3S2. The predicted molar refractivity (Wildman–Crippen MR) is 64.0 cm³/mol. The molecule has 1 heterocycles. The van der Waals surface area contributed by atoms with Crippen molar-refractivity contribution in [2.75, 3.05) is 27.2 Å². The highest BCUT2D eigenvalue weighted by Crippen LogP contribution is 2.19. The van der Waals surface area contributed by atoms with Crippen LogP contribution in [0.2, 0.25) is 0 Å². The number of rotatable bonds is 6. The summed E-state index contributed by atoms with van der Waals surface area (Å²) in [5, 5.41) is 10.5. The molecule has 0 atom stereocenters. The van der Waals surface area contributed by atoms with Gasteiger partial charge < -0.3 is 10.0 Å². The molecule has 7 heteroatoms. The summed E-state index contributed by atoms with van der Waals surface area (Å²) in [6.07, 6.45) is 0. The standard InChI is InChI=1S/C9H16N2O3S2/c1-11(2)4-3-10-16(13,14)9-5-8(6-12)7-15-9/h5,7,10,12H,3-4,6H2,1-2H3. The summed E-state index contributed by atoms with van der Waals surface area (Å²) in [6.45, 7) is 0.892. The van der Waals surface area contributed by atoms with Crippen molar-refractivity contribution < 1.29 is 13.5 Å². The van der Waals surface area contributed by atoms with Crippen molar-refractivity contribution in [2.24, 2.45) is 0 Å². The molecule has 1 aromatic rings. The van der Waals surface area contributed by atoms with Crippen LogP contribution < -0.4 is 4.72 Å². The maximum absolute atomic E-state index is 11.7. The van der Waals surface area contributed by atoms with Crippen LogP contribution in [0.25, 0.3) is 0 Å². The zero-order valence-corrected chi connectivity index (χ0v) is 10.9. The number of nitrogens with zero attached hydrogens (tertiary/aromatic N) is 1. The van der Waals surface area contributed by atoms with Crippen LogP contribution in [0.15, 0.2) is 15.7 Å². The number of likely N-dealkylation sites (N-methyl/N-ethyl adjacent to an activating group) is 1. The molecule has 0 spiro atoms. The summed E-state index contributed by atoms with van der Waals surface area (Å²) in [5.41, 5.74) is 0.623. The molecule has 0 saturated heterocycles. The van der Waals surface area contributed by atoms with Crippen LogP contribution in [-0.2, 0) is 16.6 Å². The first-order valence-electron chi connectivity index (χ1n) is 4.78. The van der Waals surface area contributed by atoms with Crippen molar-refractivity contribution in [3.05, 3.63) is 17.0 Å². The molecule has 2 N–H and O–H groups in total. The van der Waals surface area contributed by atoms with Gasteiger partial charge >= 0.3 is 0 Å². The van der Waals surface area contributed by atoms with E-state index in [1.54, 1.807) is 5.38 Å². The number of sulfonamides is 1. The molecule has 5 nitrogen and oxygen atoms in total. The molecule has 0 bridgehead atoms. The second kappa shape index (κ2) is 5.74. The zero-order chi connectivity index (χ0) is 12.2. The molecule has 16 heavy (non-hydrogen) atoms. The predicted octanol–water partition coefficient (Wildman–Crippen LogP) is 0.0803. The van der Waals surface area contributed by atoms with Crippen molar-refractivity contribution in [2.45, 2.75) is 10.8 Å². The number of nitrogens with one attached hydrogen (secondary N) is 1. The van der Waals surface area contributed by atoms with Crippen molar-refractivity contribution in [1.82, 2.24) is 9.62 Å². The minimum atomic E-state index is -3.41. The van der Waals surface area contributed by atoms with Crippen LogP contribution in [0.5, 0.6) is 0 Å². The summed E-state index contributed by atoms with van der Waals surface area (Å²) in [7, 11) is 0.342. The third kappa shape index (κ3) is 3.84. The quantitative estimate of drug-likeness (QED) is 0.763. The van der Waals surface area contributed by atoms with Gasteiger partial charge in [-0.15, -0.1) is 11.3 Å². The fourth-order valence-corrected chi connectivity index (χ4v) is 3.32. The highest BCUT2D eigenvalue weighted by atomic mass is 32.2. The number of thiophene rings is 1. The highest BCUT2D eigenvalue weighted by Gasteiger charge is 2.15. The van der Waals surface area contributed by atoms with E-state index < -0.39 is 10.0 Å². The van der Waals surface area contributed by atoms with Crippen molar-refractivity contribution in [3.63, 3.8) is 0 Å². The van der Waals surface area contributed by atoms with E-state index in [1.165, 1.54) is 6.07 Å². The fourth-order valence-electron chi connectivity index (χ4n) is 1.05. The lowest BCUT2D eigenvalue weighted by atomic mass is 10.4. The molecule has 92 valence electrons. The average Bonchev–Trinajstić information content (AvgIpc) is 2.65. The van der Waals surface area contributed by atoms with Gasteiger partial charge in [0, 0.05) is 13.1 Å². The minimum absolute atomic E-state index is 0.135. The second-order valence-corrected chi connectivity index (χ2v) is 6.54. The van der Waals surface area contributed by atoms with Crippen LogP contribution in [0.3, 0.4) is 0 Å². The SMILES string of the molecule is CN(C)CCNS(=O)(=O)c1cc(CO)cs1.